The first-order valence-electron chi connectivity index (χ1n) is 5.93. The molecule has 4 nitrogen and oxygen atoms in total. The first-order chi connectivity index (χ1) is 7.26. The van der Waals surface area contributed by atoms with Crippen LogP contribution in [0.5, 0.6) is 0 Å². The molecule has 1 saturated heterocycles. The van der Waals surface area contributed by atoms with Crippen molar-refractivity contribution in [2.75, 3.05) is 20.1 Å². The van der Waals surface area contributed by atoms with Crippen LogP contribution in [-0.2, 0) is 4.74 Å². The molecule has 4 heteroatoms. The molecule has 0 aromatic carbocycles. The van der Waals surface area contributed by atoms with Crippen molar-refractivity contribution >= 4 is 6.09 Å². The van der Waals surface area contributed by atoms with E-state index in [0.717, 1.165) is 25.9 Å². The largest absolute Gasteiger partial charge is 0.444 e. The molecular formula is C12H24N2O2. The highest BCUT2D eigenvalue weighted by atomic mass is 16.6. The maximum absolute atomic E-state index is 11.8. The van der Waals surface area contributed by atoms with Gasteiger partial charge in [0, 0.05) is 18.6 Å². The molecule has 0 bridgehead atoms. The van der Waals surface area contributed by atoms with E-state index in [9.17, 15) is 4.79 Å². The summed E-state index contributed by atoms with van der Waals surface area (Å²) in [5.41, 5.74) is -0.237. The number of nitrogens with zero attached hydrogens (tertiary/aromatic N) is 1. The van der Waals surface area contributed by atoms with E-state index in [-0.39, 0.29) is 11.6 Å². The number of ether oxygens (including phenoxy) is 1. The van der Waals surface area contributed by atoms with Gasteiger partial charge < -0.3 is 15.0 Å². The Morgan fingerprint density at radius 3 is 2.19 bits per heavy atom. The molecule has 1 aliphatic heterocycles. The highest BCUT2D eigenvalue weighted by Crippen LogP contribution is 2.22. The molecule has 1 heterocycles. The summed E-state index contributed by atoms with van der Waals surface area (Å²) < 4.78 is 5.35. The first-order valence-corrected chi connectivity index (χ1v) is 5.93. The summed E-state index contributed by atoms with van der Waals surface area (Å²) in [7, 11) is 1.98. The van der Waals surface area contributed by atoms with Crippen LogP contribution in [0.15, 0.2) is 0 Å². The number of piperidine rings is 1. The molecule has 1 amide bonds. The van der Waals surface area contributed by atoms with Crippen LogP contribution in [0.1, 0.15) is 40.5 Å². The smallest absolute Gasteiger partial charge is 0.410 e. The fourth-order valence-electron chi connectivity index (χ4n) is 1.76. The molecule has 0 unspecified atom stereocenters. The predicted molar refractivity (Wildman–Crippen MR) is 64.5 cm³/mol. The number of carbonyl (C=O) groups is 1. The zero-order valence-electron chi connectivity index (χ0n) is 11.1. The molecule has 0 aliphatic carbocycles. The Kier molecular flexibility index (Phi) is 3.84. The van der Waals surface area contributed by atoms with Crippen molar-refractivity contribution in [3.8, 4) is 0 Å². The van der Waals surface area contributed by atoms with Crippen LogP contribution in [-0.4, -0.2) is 42.3 Å². The molecule has 0 saturated carbocycles. The normalized spacial score (nSPS) is 20.7. The summed E-state index contributed by atoms with van der Waals surface area (Å²) in [6, 6.07) is 0. The molecule has 1 aliphatic rings. The number of amides is 1. The fraction of sp³-hybridized carbons (Fsp3) is 0.917. The van der Waals surface area contributed by atoms with E-state index in [4.69, 9.17) is 4.74 Å². The minimum Gasteiger partial charge on any atom is -0.444 e. The molecule has 0 spiro atoms. The lowest BCUT2D eigenvalue weighted by Gasteiger charge is -2.39. The van der Waals surface area contributed by atoms with Gasteiger partial charge in [0.15, 0.2) is 0 Å². The highest BCUT2D eigenvalue weighted by molar-refractivity contribution is 5.68. The molecule has 0 radical (unpaired) electrons. The topological polar surface area (TPSA) is 41.6 Å². The van der Waals surface area contributed by atoms with E-state index in [0.29, 0.717) is 0 Å². The third kappa shape index (κ3) is 3.67. The molecule has 16 heavy (non-hydrogen) atoms. The van der Waals surface area contributed by atoms with Crippen molar-refractivity contribution in [3.05, 3.63) is 0 Å². The van der Waals surface area contributed by atoms with Crippen molar-refractivity contribution in [2.24, 2.45) is 0 Å². The molecular weight excluding hydrogens is 204 g/mol. The van der Waals surface area contributed by atoms with E-state index in [1.54, 1.807) is 4.90 Å². The second kappa shape index (κ2) is 4.62. The summed E-state index contributed by atoms with van der Waals surface area (Å²) in [5, 5.41) is 3.31. The Balaban J connectivity index is 2.45. The molecule has 0 aromatic rings. The van der Waals surface area contributed by atoms with Crippen molar-refractivity contribution in [1.29, 1.82) is 0 Å². The molecule has 0 atom stereocenters. The van der Waals surface area contributed by atoms with Gasteiger partial charge in [-0.3, -0.25) is 0 Å². The zero-order chi connectivity index (χ0) is 12.4. The van der Waals surface area contributed by atoms with Gasteiger partial charge in [0.05, 0.1) is 0 Å². The summed E-state index contributed by atoms with van der Waals surface area (Å²) in [5.74, 6) is 0. The van der Waals surface area contributed by atoms with Crippen LogP contribution in [0.3, 0.4) is 0 Å². The van der Waals surface area contributed by atoms with Crippen LogP contribution in [0.25, 0.3) is 0 Å². The maximum Gasteiger partial charge on any atom is 0.410 e. The van der Waals surface area contributed by atoms with Gasteiger partial charge >= 0.3 is 6.09 Å². The van der Waals surface area contributed by atoms with Crippen LogP contribution in [0, 0.1) is 0 Å². The van der Waals surface area contributed by atoms with Gasteiger partial charge in [-0.2, -0.15) is 0 Å². The summed E-state index contributed by atoms with van der Waals surface area (Å²) in [4.78, 5) is 13.6. The van der Waals surface area contributed by atoms with Crippen LogP contribution < -0.4 is 5.32 Å². The first kappa shape index (κ1) is 13.3. The predicted octanol–water partition coefficient (Wildman–Crippen LogP) is 2.00. The second-order valence-electron chi connectivity index (χ2n) is 5.78. The average Bonchev–Trinajstić information content (AvgIpc) is 2.16. The van der Waals surface area contributed by atoms with Gasteiger partial charge in [0.2, 0.25) is 0 Å². The van der Waals surface area contributed by atoms with Crippen LogP contribution in [0.2, 0.25) is 0 Å². The molecule has 1 fully saturated rings. The van der Waals surface area contributed by atoms with Gasteiger partial charge in [0.1, 0.15) is 5.60 Å². The summed E-state index contributed by atoms with van der Waals surface area (Å²) >= 11 is 0. The van der Waals surface area contributed by atoms with E-state index in [1.165, 1.54) is 0 Å². The van der Waals surface area contributed by atoms with Gasteiger partial charge in [-0.05, 0) is 47.6 Å². The lowest BCUT2D eigenvalue weighted by Crippen LogP contribution is -2.52. The van der Waals surface area contributed by atoms with Gasteiger partial charge in [0.25, 0.3) is 0 Å². The monoisotopic (exact) mass is 228 g/mol. The second-order valence-corrected chi connectivity index (χ2v) is 5.78. The fourth-order valence-corrected chi connectivity index (χ4v) is 1.76. The van der Waals surface area contributed by atoms with Crippen molar-refractivity contribution in [3.63, 3.8) is 0 Å². The Morgan fingerprint density at radius 1 is 1.31 bits per heavy atom. The van der Waals surface area contributed by atoms with Crippen LogP contribution >= 0.6 is 0 Å². The lowest BCUT2D eigenvalue weighted by molar-refractivity contribution is 0.0162. The molecule has 0 aromatic heterocycles. The zero-order valence-corrected chi connectivity index (χ0v) is 11.1. The van der Waals surface area contributed by atoms with E-state index >= 15 is 0 Å². The standard InChI is InChI=1S/C12H24N2O2/c1-11(2,3)16-10(15)14-8-6-12(4,13-5)7-9-14/h13H,6-9H2,1-5H3. The Hall–Kier alpha value is -0.770. The number of hydrogen-bond donors (Lipinski definition) is 1. The van der Waals surface area contributed by atoms with Gasteiger partial charge in [-0.15, -0.1) is 0 Å². The molecule has 94 valence electrons. The number of carbonyl (C=O) groups excluding carboxylic acids is 1. The van der Waals surface area contributed by atoms with Gasteiger partial charge in [-0.25, -0.2) is 4.79 Å². The van der Waals surface area contributed by atoms with Gasteiger partial charge in [-0.1, -0.05) is 0 Å². The van der Waals surface area contributed by atoms with E-state index < -0.39 is 5.60 Å². The average molecular weight is 228 g/mol. The third-order valence-electron chi connectivity index (χ3n) is 3.12. The maximum atomic E-state index is 11.8. The molecule has 1 rings (SSSR count). The summed E-state index contributed by atoms with van der Waals surface area (Å²) in [6.07, 6.45) is 1.76. The van der Waals surface area contributed by atoms with Crippen molar-refractivity contribution in [1.82, 2.24) is 10.2 Å². The minimum atomic E-state index is -0.402. The third-order valence-corrected chi connectivity index (χ3v) is 3.12. The SMILES string of the molecule is CNC1(C)CCN(C(=O)OC(C)(C)C)CC1. The quantitative estimate of drug-likeness (QED) is 0.746. The minimum absolute atomic E-state index is 0.165. The van der Waals surface area contributed by atoms with Crippen molar-refractivity contribution < 1.29 is 9.53 Å². The number of rotatable bonds is 1. The number of likely N-dealkylation sites (tertiary alicyclic amines) is 1. The lowest BCUT2D eigenvalue weighted by atomic mass is 9.90. The van der Waals surface area contributed by atoms with Crippen LogP contribution in [0.4, 0.5) is 4.79 Å². The molecule has 1 N–H and O–H groups in total. The summed E-state index contributed by atoms with van der Waals surface area (Å²) in [6.45, 7) is 9.42. The Morgan fingerprint density at radius 2 is 1.81 bits per heavy atom. The van der Waals surface area contributed by atoms with E-state index in [2.05, 4.69) is 12.2 Å². The number of hydrogen-bond acceptors (Lipinski definition) is 3. The van der Waals surface area contributed by atoms with Crippen molar-refractivity contribution in [2.45, 2.75) is 51.7 Å². The Bertz CT molecular complexity index is 250. The number of nitrogens with one attached hydrogen (secondary N) is 1. The highest BCUT2D eigenvalue weighted by Gasteiger charge is 2.32. The van der Waals surface area contributed by atoms with E-state index in [1.807, 2.05) is 27.8 Å². The Labute approximate surface area is 98.3 Å².